The van der Waals surface area contributed by atoms with Gasteiger partial charge in [-0.3, -0.25) is 0 Å². The molecule has 0 radical (unpaired) electrons. The molecule has 4 rings (SSSR count). The van der Waals surface area contributed by atoms with E-state index < -0.39 is 0 Å². The maximum Gasteiger partial charge on any atom is 0.232 e. The molecule has 1 aliphatic heterocycles. The third kappa shape index (κ3) is 3.12. The molecular weight excluding hydrogens is 327 g/mol. The van der Waals surface area contributed by atoms with Gasteiger partial charge in [0.1, 0.15) is 11.6 Å². The number of para-hydroxylation sites is 1. The van der Waals surface area contributed by atoms with Crippen molar-refractivity contribution in [3.63, 3.8) is 0 Å². The Labute approximate surface area is 152 Å². The third-order valence-corrected chi connectivity index (χ3v) is 4.68. The van der Waals surface area contributed by atoms with Gasteiger partial charge in [0.2, 0.25) is 5.95 Å². The number of halogens is 1. The fourth-order valence-corrected chi connectivity index (χ4v) is 3.45. The number of hydrogen-bond acceptors (Lipinski definition) is 4. The monoisotopic (exact) mass is 348 g/mol. The highest BCUT2D eigenvalue weighted by atomic mass is 19.1. The van der Waals surface area contributed by atoms with Gasteiger partial charge >= 0.3 is 0 Å². The fraction of sp³-hybridized carbons (Fsp3) is 0.238. The highest BCUT2D eigenvalue weighted by Crippen LogP contribution is 2.36. The fourth-order valence-electron chi connectivity index (χ4n) is 3.45. The van der Waals surface area contributed by atoms with E-state index in [9.17, 15) is 4.39 Å². The Morgan fingerprint density at radius 1 is 1.12 bits per heavy atom. The van der Waals surface area contributed by atoms with Gasteiger partial charge in [-0.05, 0) is 38.0 Å². The summed E-state index contributed by atoms with van der Waals surface area (Å²) in [5, 5.41) is 3.23. The van der Waals surface area contributed by atoms with Crippen LogP contribution < -0.4 is 10.2 Å². The van der Waals surface area contributed by atoms with Gasteiger partial charge in [0.15, 0.2) is 0 Å². The van der Waals surface area contributed by atoms with Crippen LogP contribution in [-0.4, -0.2) is 16.0 Å². The Bertz CT molecular complexity index is 941. The number of hydrogen-bond donors (Lipinski definition) is 1. The maximum absolute atomic E-state index is 13.8. The van der Waals surface area contributed by atoms with Crippen molar-refractivity contribution in [1.29, 1.82) is 0 Å². The molecule has 132 valence electrons. The zero-order valence-corrected chi connectivity index (χ0v) is 14.9. The molecule has 26 heavy (non-hydrogen) atoms. The van der Waals surface area contributed by atoms with Crippen LogP contribution in [0.2, 0.25) is 0 Å². The molecule has 1 unspecified atom stereocenters. The lowest BCUT2D eigenvalue weighted by Gasteiger charge is -2.23. The molecule has 2 heterocycles. The van der Waals surface area contributed by atoms with Crippen LogP contribution in [0.4, 0.5) is 21.8 Å². The topological polar surface area (TPSA) is 41.1 Å². The molecule has 2 aromatic carbocycles. The molecule has 1 N–H and O–H groups in total. The number of nitrogens with zero attached hydrogens (tertiary/aromatic N) is 3. The van der Waals surface area contributed by atoms with E-state index in [1.165, 1.54) is 11.6 Å². The predicted molar refractivity (Wildman–Crippen MR) is 102 cm³/mol. The van der Waals surface area contributed by atoms with Crippen molar-refractivity contribution in [1.82, 2.24) is 9.97 Å². The molecule has 0 aliphatic carbocycles. The van der Waals surface area contributed by atoms with Crippen molar-refractivity contribution in [2.45, 2.75) is 32.9 Å². The number of benzene rings is 2. The Morgan fingerprint density at radius 2 is 1.88 bits per heavy atom. The van der Waals surface area contributed by atoms with Crippen LogP contribution >= 0.6 is 0 Å². The van der Waals surface area contributed by atoms with E-state index in [1.807, 2.05) is 25.1 Å². The first kappa shape index (κ1) is 16.5. The van der Waals surface area contributed by atoms with Crippen LogP contribution in [-0.2, 0) is 13.0 Å². The van der Waals surface area contributed by atoms with Gasteiger partial charge in [0.05, 0.1) is 0 Å². The Morgan fingerprint density at radius 3 is 2.73 bits per heavy atom. The Kier molecular flexibility index (Phi) is 4.29. The largest absolute Gasteiger partial charge is 0.366 e. The summed E-state index contributed by atoms with van der Waals surface area (Å²) in [6.07, 6.45) is 0.978. The molecule has 3 aromatic rings. The van der Waals surface area contributed by atoms with Crippen molar-refractivity contribution in [3.8, 4) is 0 Å². The summed E-state index contributed by atoms with van der Waals surface area (Å²) >= 11 is 0. The van der Waals surface area contributed by atoms with E-state index >= 15 is 0 Å². The highest BCUT2D eigenvalue weighted by molar-refractivity contribution is 5.67. The lowest BCUT2D eigenvalue weighted by Crippen LogP contribution is -2.26. The summed E-state index contributed by atoms with van der Waals surface area (Å²) < 4.78 is 13.8. The van der Waals surface area contributed by atoms with E-state index in [-0.39, 0.29) is 5.82 Å². The molecule has 4 nitrogen and oxygen atoms in total. The lowest BCUT2D eigenvalue weighted by molar-refractivity contribution is 0.613. The van der Waals surface area contributed by atoms with Crippen molar-refractivity contribution in [2.24, 2.45) is 0 Å². The lowest BCUT2D eigenvalue weighted by atomic mass is 10.1. The zero-order chi connectivity index (χ0) is 18.1. The Hall–Kier alpha value is -2.95. The second-order valence-corrected chi connectivity index (χ2v) is 6.69. The van der Waals surface area contributed by atoms with Gasteiger partial charge in [0.25, 0.3) is 0 Å². The molecule has 0 saturated carbocycles. The van der Waals surface area contributed by atoms with Crippen LogP contribution in [0.5, 0.6) is 0 Å². The molecule has 1 aliphatic rings. The molecule has 0 bridgehead atoms. The Balaban J connectivity index is 1.62. The first-order valence-corrected chi connectivity index (χ1v) is 8.82. The van der Waals surface area contributed by atoms with Crippen molar-refractivity contribution >= 4 is 17.5 Å². The number of nitrogens with one attached hydrogen (secondary N) is 1. The normalized spacial score (nSPS) is 15.8. The molecule has 1 aromatic heterocycles. The van der Waals surface area contributed by atoms with Gasteiger partial charge < -0.3 is 10.2 Å². The van der Waals surface area contributed by atoms with E-state index in [2.05, 4.69) is 40.3 Å². The van der Waals surface area contributed by atoms with Gasteiger partial charge in [-0.2, -0.15) is 4.98 Å². The van der Waals surface area contributed by atoms with E-state index in [1.54, 1.807) is 12.1 Å². The molecule has 0 spiro atoms. The van der Waals surface area contributed by atoms with Gasteiger partial charge in [-0.25, -0.2) is 9.37 Å². The first-order valence-electron chi connectivity index (χ1n) is 8.82. The minimum Gasteiger partial charge on any atom is -0.366 e. The standard InChI is InChI=1S/C21H21FN4/c1-14-11-20(23-13-17-8-3-5-9-18(17)22)25-21(24-14)26-15(2)12-16-7-4-6-10-19(16)26/h3-11,15H,12-13H2,1-2H3,(H,23,24,25). The number of rotatable bonds is 4. The highest BCUT2D eigenvalue weighted by Gasteiger charge is 2.28. The zero-order valence-electron chi connectivity index (χ0n) is 14.9. The SMILES string of the molecule is Cc1cc(NCc2ccccc2F)nc(N2c3ccccc3CC2C)n1. The maximum atomic E-state index is 13.8. The molecular formula is C21H21FN4. The summed E-state index contributed by atoms with van der Waals surface area (Å²) in [5.74, 6) is 1.17. The van der Waals surface area contributed by atoms with E-state index in [0.29, 0.717) is 29.9 Å². The van der Waals surface area contributed by atoms with Crippen LogP contribution in [0.3, 0.4) is 0 Å². The predicted octanol–water partition coefficient (Wildman–Crippen LogP) is 4.62. The van der Waals surface area contributed by atoms with Gasteiger partial charge in [-0.15, -0.1) is 0 Å². The molecule has 0 fully saturated rings. The van der Waals surface area contributed by atoms with Gasteiger partial charge in [0, 0.05) is 35.6 Å². The number of aryl methyl sites for hydroxylation is 1. The summed E-state index contributed by atoms with van der Waals surface area (Å²) in [5.41, 5.74) is 3.96. The number of aromatic nitrogens is 2. The van der Waals surface area contributed by atoms with Crippen LogP contribution in [0.25, 0.3) is 0 Å². The number of fused-ring (bicyclic) bond motifs is 1. The second-order valence-electron chi connectivity index (χ2n) is 6.69. The van der Waals surface area contributed by atoms with Crippen LogP contribution in [0, 0.1) is 12.7 Å². The van der Waals surface area contributed by atoms with Gasteiger partial charge in [-0.1, -0.05) is 36.4 Å². The van der Waals surface area contributed by atoms with Crippen LogP contribution in [0.15, 0.2) is 54.6 Å². The molecule has 5 heteroatoms. The molecule has 1 atom stereocenters. The molecule has 0 amide bonds. The van der Waals surface area contributed by atoms with Crippen molar-refractivity contribution in [3.05, 3.63) is 77.2 Å². The summed E-state index contributed by atoms with van der Waals surface area (Å²) in [6.45, 7) is 4.51. The van der Waals surface area contributed by atoms with E-state index in [4.69, 9.17) is 4.98 Å². The third-order valence-electron chi connectivity index (χ3n) is 4.68. The molecule has 0 saturated heterocycles. The summed E-state index contributed by atoms with van der Waals surface area (Å²) in [4.78, 5) is 11.5. The average molecular weight is 348 g/mol. The van der Waals surface area contributed by atoms with E-state index in [0.717, 1.165) is 17.8 Å². The summed E-state index contributed by atoms with van der Waals surface area (Å²) in [6, 6.07) is 17.3. The second kappa shape index (κ2) is 6.75. The van der Waals surface area contributed by atoms with Crippen molar-refractivity contribution < 1.29 is 4.39 Å². The first-order chi connectivity index (χ1) is 12.6. The number of anilines is 3. The smallest absolute Gasteiger partial charge is 0.232 e. The minimum atomic E-state index is -0.215. The minimum absolute atomic E-state index is 0.215. The quantitative estimate of drug-likeness (QED) is 0.747. The van der Waals surface area contributed by atoms with Crippen LogP contribution in [0.1, 0.15) is 23.7 Å². The average Bonchev–Trinajstić information content (AvgIpc) is 2.96. The summed E-state index contributed by atoms with van der Waals surface area (Å²) in [7, 11) is 0. The van der Waals surface area contributed by atoms with Crippen molar-refractivity contribution in [2.75, 3.05) is 10.2 Å².